The molecule has 2 rings (SSSR count). The number of aliphatic hydroxyl groups excluding tert-OH is 1. The van der Waals surface area contributed by atoms with E-state index in [0.717, 1.165) is 0 Å². The molecule has 0 radical (unpaired) electrons. The van der Waals surface area contributed by atoms with Crippen molar-refractivity contribution in [3.05, 3.63) is 0 Å². The molecule has 0 spiro atoms. The minimum atomic E-state index is -1.30. The van der Waals surface area contributed by atoms with Gasteiger partial charge in [-0.05, 0) is 41.5 Å². The van der Waals surface area contributed by atoms with Crippen LogP contribution < -0.4 is 0 Å². The maximum Gasteiger partial charge on any atom is 0.410 e. The van der Waals surface area contributed by atoms with Gasteiger partial charge in [-0.25, -0.2) is 9.59 Å². The first kappa shape index (κ1) is 26.9. The lowest BCUT2D eigenvalue weighted by Gasteiger charge is -2.46. The van der Waals surface area contributed by atoms with E-state index in [-0.39, 0.29) is 39.2 Å². The SMILES string of the molecule is CC(C)(C)OC(=O)N1CC(O)(CC(=O)O)C1.CC(C)(C)OC(=O)N1CC(O)(CCO)C1. The second-order valence-corrected chi connectivity index (χ2v) is 10.2. The minimum Gasteiger partial charge on any atom is -0.481 e. The predicted octanol–water partition coefficient (Wildman–Crippen LogP) is 0.794. The Balaban J connectivity index is 0.000000311. The summed E-state index contributed by atoms with van der Waals surface area (Å²) in [6.07, 6.45) is -0.994. The first-order valence-corrected chi connectivity index (χ1v) is 10.1. The molecule has 2 aliphatic heterocycles. The van der Waals surface area contributed by atoms with Gasteiger partial charge >= 0.3 is 18.2 Å². The minimum absolute atomic E-state index is 0.00815. The number of aliphatic carboxylic acids is 1. The summed E-state index contributed by atoms with van der Waals surface area (Å²) in [4.78, 5) is 36.1. The van der Waals surface area contributed by atoms with E-state index in [1.165, 1.54) is 9.80 Å². The predicted molar refractivity (Wildman–Crippen MR) is 109 cm³/mol. The number of likely N-dealkylation sites (tertiary alicyclic amines) is 2. The van der Waals surface area contributed by atoms with Crippen molar-refractivity contribution in [2.45, 2.75) is 76.8 Å². The molecule has 0 aromatic heterocycles. The molecule has 0 aromatic rings. The summed E-state index contributed by atoms with van der Waals surface area (Å²) in [6, 6.07) is 0. The first-order valence-electron chi connectivity index (χ1n) is 10.1. The molecule has 2 aliphatic rings. The Labute approximate surface area is 182 Å². The first-order chi connectivity index (χ1) is 13.9. The number of carboxylic acid groups (broad SMARTS) is 1. The number of amides is 2. The number of hydrogen-bond acceptors (Lipinski definition) is 8. The molecule has 0 aliphatic carbocycles. The average Bonchev–Trinajstić information content (AvgIpc) is 2.46. The molecule has 4 N–H and O–H groups in total. The van der Waals surface area contributed by atoms with Crippen molar-refractivity contribution in [2.24, 2.45) is 0 Å². The smallest absolute Gasteiger partial charge is 0.410 e. The Hall–Kier alpha value is -2.11. The number of rotatable bonds is 4. The molecule has 0 aromatic carbocycles. The molecule has 0 unspecified atom stereocenters. The highest BCUT2D eigenvalue weighted by Gasteiger charge is 2.46. The third kappa shape index (κ3) is 9.28. The fraction of sp³-hybridized carbons (Fsp3) is 0.850. The van der Waals surface area contributed by atoms with Crippen LogP contribution in [0.25, 0.3) is 0 Å². The van der Waals surface area contributed by atoms with Gasteiger partial charge in [0, 0.05) is 13.0 Å². The highest BCUT2D eigenvalue weighted by atomic mass is 16.6. The fourth-order valence-corrected chi connectivity index (χ4v) is 3.00. The molecule has 2 fully saturated rings. The Bertz CT molecular complexity index is 655. The number of carboxylic acids is 1. The van der Waals surface area contributed by atoms with Crippen LogP contribution in [0.2, 0.25) is 0 Å². The number of carbonyl (C=O) groups excluding carboxylic acids is 2. The summed E-state index contributed by atoms with van der Waals surface area (Å²) in [5.41, 5.74) is -3.33. The normalized spacial score (nSPS) is 19.3. The monoisotopic (exact) mass is 448 g/mol. The van der Waals surface area contributed by atoms with Crippen LogP contribution in [-0.4, -0.2) is 104 Å². The summed E-state index contributed by atoms with van der Waals surface area (Å²) < 4.78 is 10.2. The summed E-state index contributed by atoms with van der Waals surface area (Å²) >= 11 is 0. The summed E-state index contributed by atoms with van der Waals surface area (Å²) in [5, 5.41) is 36.6. The largest absolute Gasteiger partial charge is 0.481 e. The molecular formula is C20H36N2O9. The van der Waals surface area contributed by atoms with E-state index in [9.17, 15) is 24.6 Å². The molecule has 2 heterocycles. The molecule has 31 heavy (non-hydrogen) atoms. The third-order valence-electron chi connectivity index (χ3n) is 4.30. The van der Waals surface area contributed by atoms with E-state index < -0.39 is 40.6 Å². The molecule has 0 saturated carbocycles. The van der Waals surface area contributed by atoms with Gasteiger partial charge in [0.05, 0.1) is 32.6 Å². The zero-order valence-corrected chi connectivity index (χ0v) is 19.2. The molecule has 2 amide bonds. The molecule has 0 atom stereocenters. The Morgan fingerprint density at radius 2 is 1.16 bits per heavy atom. The third-order valence-corrected chi connectivity index (χ3v) is 4.30. The van der Waals surface area contributed by atoms with Crippen LogP contribution in [0.3, 0.4) is 0 Å². The number of ether oxygens (including phenoxy) is 2. The van der Waals surface area contributed by atoms with E-state index in [4.69, 9.17) is 19.7 Å². The van der Waals surface area contributed by atoms with E-state index in [2.05, 4.69) is 0 Å². The topological polar surface area (TPSA) is 157 Å². The quantitative estimate of drug-likeness (QED) is 0.488. The number of hydrogen-bond donors (Lipinski definition) is 4. The number of aliphatic hydroxyl groups is 3. The van der Waals surface area contributed by atoms with Crippen LogP contribution in [0, 0.1) is 0 Å². The zero-order valence-electron chi connectivity index (χ0n) is 19.2. The van der Waals surface area contributed by atoms with Gasteiger partial charge in [0.1, 0.15) is 22.4 Å². The molecule has 2 saturated heterocycles. The molecule has 180 valence electrons. The lowest BCUT2D eigenvalue weighted by Crippen LogP contribution is -2.64. The van der Waals surface area contributed by atoms with Crippen LogP contribution in [0.5, 0.6) is 0 Å². The van der Waals surface area contributed by atoms with E-state index >= 15 is 0 Å². The Morgan fingerprint density at radius 3 is 1.45 bits per heavy atom. The lowest BCUT2D eigenvalue weighted by molar-refractivity contribution is -0.152. The van der Waals surface area contributed by atoms with Crippen molar-refractivity contribution in [3.8, 4) is 0 Å². The standard InChI is InChI=1S/C10H17NO5.C10H19NO4/c1-9(2,3)16-8(14)11-5-10(15,6-11)4-7(12)13;1-9(2,3)15-8(13)11-6-10(14,7-11)4-5-12/h15H,4-6H2,1-3H3,(H,12,13);12,14H,4-7H2,1-3H3. The van der Waals surface area contributed by atoms with Gasteiger partial charge in [0.25, 0.3) is 0 Å². The fourth-order valence-electron chi connectivity index (χ4n) is 3.00. The average molecular weight is 449 g/mol. The van der Waals surface area contributed by atoms with Crippen LogP contribution in [0.4, 0.5) is 9.59 Å². The molecular weight excluding hydrogens is 412 g/mol. The van der Waals surface area contributed by atoms with E-state index in [1.54, 1.807) is 41.5 Å². The van der Waals surface area contributed by atoms with Gasteiger partial charge in [-0.3, -0.25) is 4.79 Å². The highest BCUT2D eigenvalue weighted by molar-refractivity contribution is 5.72. The van der Waals surface area contributed by atoms with Gasteiger partial charge in [0.15, 0.2) is 0 Å². The van der Waals surface area contributed by atoms with Crippen LogP contribution in [0.15, 0.2) is 0 Å². The van der Waals surface area contributed by atoms with Gasteiger partial charge in [-0.15, -0.1) is 0 Å². The number of β-amino-alcohol motifs (C(OH)–C–C–N with tert-alkyl or cyclic N) is 2. The number of nitrogens with zero attached hydrogens (tertiary/aromatic N) is 2. The van der Waals surface area contributed by atoms with Gasteiger partial charge in [0.2, 0.25) is 0 Å². The summed E-state index contributed by atoms with van der Waals surface area (Å²) in [6.45, 7) is 11.0. The Kier molecular flexibility index (Phi) is 8.32. The zero-order chi connectivity index (χ0) is 24.3. The van der Waals surface area contributed by atoms with Crippen LogP contribution in [0.1, 0.15) is 54.4 Å². The van der Waals surface area contributed by atoms with Gasteiger partial charge in [-0.2, -0.15) is 0 Å². The van der Waals surface area contributed by atoms with Crippen molar-refractivity contribution in [2.75, 3.05) is 32.8 Å². The van der Waals surface area contributed by atoms with Crippen molar-refractivity contribution >= 4 is 18.2 Å². The van der Waals surface area contributed by atoms with Crippen molar-refractivity contribution in [3.63, 3.8) is 0 Å². The van der Waals surface area contributed by atoms with Crippen molar-refractivity contribution in [1.82, 2.24) is 9.80 Å². The van der Waals surface area contributed by atoms with Crippen LogP contribution in [-0.2, 0) is 14.3 Å². The molecule has 0 bridgehead atoms. The second-order valence-electron chi connectivity index (χ2n) is 10.2. The second kappa shape index (κ2) is 9.58. The van der Waals surface area contributed by atoms with Crippen LogP contribution >= 0.6 is 0 Å². The van der Waals surface area contributed by atoms with Gasteiger partial charge < -0.3 is 39.7 Å². The highest BCUT2D eigenvalue weighted by Crippen LogP contribution is 2.27. The maximum atomic E-state index is 11.5. The summed E-state index contributed by atoms with van der Waals surface area (Å²) in [5.74, 6) is -1.08. The molecule has 11 heteroatoms. The Morgan fingerprint density at radius 1 is 0.806 bits per heavy atom. The molecule has 11 nitrogen and oxygen atoms in total. The van der Waals surface area contributed by atoms with Gasteiger partial charge in [-0.1, -0.05) is 0 Å². The van der Waals surface area contributed by atoms with Crippen molar-refractivity contribution in [1.29, 1.82) is 0 Å². The van der Waals surface area contributed by atoms with Crippen molar-refractivity contribution < 1.29 is 44.3 Å². The number of carbonyl (C=O) groups is 3. The lowest BCUT2D eigenvalue weighted by atomic mass is 9.91. The summed E-state index contributed by atoms with van der Waals surface area (Å²) in [7, 11) is 0. The van der Waals surface area contributed by atoms with E-state index in [1.807, 2.05) is 0 Å². The maximum absolute atomic E-state index is 11.5. The van der Waals surface area contributed by atoms with E-state index in [0.29, 0.717) is 6.42 Å².